The fourth-order valence-electron chi connectivity index (χ4n) is 2.86. The minimum atomic E-state index is -0.921. The normalized spacial score (nSPS) is 18.0. The average molecular weight is 325 g/mol. The van der Waals surface area contributed by atoms with Gasteiger partial charge >= 0.3 is 0 Å². The Morgan fingerprint density at radius 3 is 2.64 bits per heavy atom. The number of benzene rings is 1. The Hall–Kier alpha value is -1.82. The van der Waals surface area contributed by atoms with Gasteiger partial charge in [-0.15, -0.1) is 11.3 Å². The number of aryl methyl sites for hydroxylation is 1. The highest BCUT2D eigenvalue weighted by molar-refractivity contribution is 7.12. The molecule has 1 saturated heterocycles. The molecule has 1 aromatic carbocycles. The zero-order valence-corrected chi connectivity index (χ0v) is 12.7. The molecule has 6 heteroatoms. The summed E-state index contributed by atoms with van der Waals surface area (Å²) in [6.45, 7) is 2.22. The van der Waals surface area contributed by atoms with Crippen LogP contribution in [0.15, 0.2) is 24.3 Å². The molecule has 3 rings (SSSR count). The minimum absolute atomic E-state index is 0.251. The molecule has 22 heavy (non-hydrogen) atoms. The topological polar surface area (TPSA) is 20.3 Å². The van der Waals surface area contributed by atoms with Crippen LogP contribution in [0.3, 0.4) is 0 Å². The zero-order valence-electron chi connectivity index (χ0n) is 11.9. The van der Waals surface area contributed by atoms with Gasteiger partial charge < -0.3 is 4.90 Å². The summed E-state index contributed by atoms with van der Waals surface area (Å²) >= 11 is 0.820. The third-order valence-electron chi connectivity index (χ3n) is 3.92. The van der Waals surface area contributed by atoms with E-state index >= 15 is 0 Å². The summed E-state index contributed by atoms with van der Waals surface area (Å²) in [6.07, 6.45) is 1.46. The van der Waals surface area contributed by atoms with Crippen molar-refractivity contribution in [2.45, 2.75) is 25.8 Å². The number of halogens is 3. The molecule has 1 atom stereocenters. The van der Waals surface area contributed by atoms with Crippen LogP contribution in [0.2, 0.25) is 0 Å². The van der Waals surface area contributed by atoms with Crippen molar-refractivity contribution in [3.63, 3.8) is 0 Å². The molecular weight excluding hydrogens is 311 g/mol. The molecule has 0 radical (unpaired) electrons. The van der Waals surface area contributed by atoms with E-state index in [9.17, 15) is 18.0 Å². The Morgan fingerprint density at radius 1 is 1.23 bits per heavy atom. The number of nitrogens with zero attached hydrogens (tertiary/aromatic N) is 1. The quantitative estimate of drug-likeness (QED) is 0.799. The van der Waals surface area contributed by atoms with Gasteiger partial charge in [-0.25, -0.2) is 8.78 Å². The van der Waals surface area contributed by atoms with Gasteiger partial charge in [0.05, 0.1) is 10.9 Å². The molecule has 1 unspecified atom stereocenters. The van der Waals surface area contributed by atoms with Crippen LogP contribution in [0.25, 0.3) is 0 Å². The first-order chi connectivity index (χ1) is 10.5. The molecule has 0 saturated carbocycles. The second-order valence-electron chi connectivity index (χ2n) is 5.39. The number of hydrogen-bond donors (Lipinski definition) is 0. The van der Waals surface area contributed by atoms with Crippen molar-refractivity contribution in [1.82, 2.24) is 4.90 Å². The van der Waals surface area contributed by atoms with Crippen molar-refractivity contribution < 1.29 is 18.0 Å². The first-order valence-electron chi connectivity index (χ1n) is 6.99. The Balaban J connectivity index is 1.91. The van der Waals surface area contributed by atoms with Gasteiger partial charge in [0.1, 0.15) is 0 Å². The molecule has 1 aromatic heterocycles. The smallest absolute Gasteiger partial charge is 0.264 e. The van der Waals surface area contributed by atoms with Gasteiger partial charge in [0.2, 0.25) is 0 Å². The number of likely N-dealkylation sites (tertiary alicyclic amines) is 1. The number of carbonyl (C=O) groups is 1. The zero-order chi connectivity index (χ0) is 15.9. The van der Waals surface area contributed by atoms with Gasteiger partial charge in [-0.3, -0.25) is 4.79 Å². The fourth-order valence-corrected chi connectivity index (χ4v) is 3.72. The van der Waals surface area contributed by atoms with Crippen LogP contribution in [0.4, 0.5) is 13.2 Å². The molecule has 2 nitrogen and oxygen atoms in total. The summed E-state index contributed by atoms with van der Waals surface area (Å²) in [5.41, 5.74) is 1.17. The summed E-state index contributed by atoms with van der Waals surface area (Å²) < 4.78 is 39.8. The van der Waals surface area contributed by atoms with Crippen LogP contribution in [0.1, 0.15) is 39.7 Å². The van der Waals surface area contributed by atoms with Crippen molar-refractivity contribution >= 4 is 17.2 Å². The summed E-state index contributed by atoms with van der Waals surface area (Å²) in [5, 5.41) is -0.399. The van der Waals surface area contributed by atoms with Gasteiger partial charge in [0, 0.05) is 6.54 Å². The van der Waals surface area contributed by atoms with Crippen molar-refractivity contribution in [1.29, 1.82) is 0 Å². The van der Waals surface area contributed by atoms with Gasteiger partial charge in [0.25, 0.3) is 5.91 Å². The van der Waals surface area contributed by atoms with Crippen LogP contribution in [-0.4, -0.2) is 17.4 Å². The Bertz CT molecular complexity index is 728. The van der Waals surface area contributed by atoms with E-state index in [0.29, 0.717) is 29.0 Å². The maximum Gasteiger partial charge on any atom is 0.264 e. The highest BCUT2D eigenvalue weighted by Crippen LogP contribution is 2.35. The molecule has 1 aliphatic rings. The van der Waals surface area contributed by atoms with Crippen LogP contribution >= 0.6 is 11.3 Å². The van der Waals surface area contributed by atoms with E-state index in [1.165, 1.54) is 12.1 Å². The van der Waals surface area contributed by atoms with Crippen molar-refractivity contribution in [2.75, 3.05) is 6.54 Å². The SMILES string of the molecule is Cc1cc(F)sc1C(=O)N1CCCC1c1ccc(F)c(F)c1. The third-order valence-corrected chi connectivity index (χ3v) is 4.94. The summed E-state index contributed by atoms with van der Waals surface area (Å²) in [5.74, 6) is -2.08. The molecule has 2 aromatic rings. The molecule has 0 aliphatic carbocycles. The molecule has 1 aliphatic heterocycles. The van der Waals surface area contributed by atoms with Crippen molar-refractivity contribution in [3.05, 3.63) is 57.0 Å². The standard InChI is InChI=1S/C16H14F3NOS/c1-9-7-14(19)22-15(9)16(21)20-6-2-3-13(20)10-4-5-11(17)12(18)8-10/h4-5,7-8,13H,2-3,6H2,1H3. The number of thiophene rings is 1. The lowest BCUT2D eigenvalue weighted by atomic mass is 10.0. The van der Waals surface area contributed by atoms with Crippen molar-refractivity contribution in [2.24, 2.45) is 0 Å². The fraction of sp³-hybridized carbons (Fsp3) is 0.312. The molecule has 2 heterocycles. The number of hydrogen-bond acceptors (Lipinski definition) is 2. The Labute approximate surface area is 130 Å². The molecule has 116 valence electrons. The largest absolute Gasteiger partial charge is 0.331 e. The average Bonchev–Trinajstić information content (AvgIpc) is 3.07. The van der Waals surface area contributed by atoms with E-state index in [4.69, 9.17) is 0 Å². The highest BCUT2D eigenvalue weighted by Gasteiger charge is 2.32. The summed E-state index contributed by atoms with van der Waals surface area (Å²) in [4.78, 5) is 14.6. The molecule has 0 spiro atoms. The Morgan fingerprint density at radius 2 is 2.00 bits per heavy atom. The minimum Gasteiger partial charge on any atom is -0.331 e. The van der Waals surface area contributed by atoms with Crippen LogP contribution in [-0.2, 0) is 0 Å². The molecular formula is C16H14F3NOS. The van der Waals surface area contributed by atoms with Gasteiger partial charge in [-0.05, 0) is 49.1 Å². The lowest BCUT2D eigenvalue weighted by molar-refractivity contribution is 0.0739. The molecule has 0 N–H and O–H groups in total. The summed E-state index contributed by atoms with van der Waals surface area (Å²) in [7, 11) is 0. The van der Waals surface area contributed by atoms with Gasteiger partial charge in [-0.1, -0.05) is 6.07 Å². The van der Waals surface area contributed by atoms with Crippen LogP contribution in [0.5, 0.6) is 0 Å². The highest BCUT2D eigenvalue weighted by atomic mass is 32.1. The first-order valence-corrected chi connectivity index (χ1v) is 7.81. The molecule has 1 fully saturated rings. The second-order valence-corrected chi connectivity index (χ2v) is 6.40. The van der Waals surface area contributed by atoms with Gasteiger partial charge in [-0.2, -0.15) is 4.39 Å². The first kappa shape index (κ1) is 15.1. The van der Waals surface area contributed by atoms with Crippen LogP contribution in [0, 0.1) is 23.7 Å². The van der Waals surface area contributed by atoms with E-state index in [-0.39, 0.29) is 11.9 Å². The monoisotopic (exact) mass is 325 g/mol. The van der Waals surface area contributed by atoms with Crippen LogP contribution < -0.4 is 0 Å². The number of rotatable bonds is 2. The second kappa shape index (κ2) is 5.76. The third kappa shape index (κ3) is 2.63. The van der Waals surface area contributed by atoms with E-state index in [1.807, 2.05) is 0 Å². The predicted molar refractivity (Wildman–Crippen MR) is 78.4 cm³/mol. The van der Waals surface area contributed by atoms with E-state index in [0.717, 1.165) is 29.9 Å². The van der Waals surface area contributed by atoms with Gasteiger partial charge in [0.15, 0.2) is 16.8 Å². The summed E-state index contributed by atoms with van der Waals surface area (Å²) in [6, 6.07) is 4.74. The number of amides is 1. The number of carbonyl (C=O) groups excluding carboxylic acids is 1. The maximum atomic E-state index is 13.4. The van der Waals surface area contributed by atoms with E-state index in [2.05, 4.69) is 0 Å². The predicted octanol–water partition coefficient (Wildman–Crippen LogP) is 4.45. The Kier molecular flexibility index (Phi) is 3.95. The maximum absolute atomic E-state index is 13.4. The lowest BCUT2D eigenvalue weighted by Crippen LogP contribution is -2.30. The molecule has 1 amide bonds. The van der Waals surface area contributed by atoms with E-state index in [1.54, 1.807) is 11.8 Å². The van der Waals surface area contributed by atoms with E-state index < -0.39 is 16.8 Å². The lowest BCUT2D eigenvalue weighted by Gasteiger charge is -2.25. The van der Waals surface area contributed by atoms with Crippen molar-refractivity contribution in [3.8, 4) is 0 Å². The molecule has 0 bridgehead atoms.